The molecular weight excluding hydrogens is 326 g/mol. The molecule has 0 saturated carbocycles. The lowest BCUT2D eigenvalue weighted by Crippen LogP contribution is -2.20. The molecule has 26 heavy (non-hydrogen) atoms. The summed E-state index contributed by atoms with van der Waals surface area (Å²) in [5.74, 6) is 1.61. The number of hydrogen-bond acceptors (Lipinski definition) is 3. The van der Waals surface area contributed by atoms with Crippen LogP contribution in [0.1, 0.15) is 17.0 Å². The summed E-state index contributed by atoms with van der Waals surface area (Å²) < 4.78 is 10.8. The van der Waals surface area contributed by atoms with Gasteiger partial charge in [0.15, 0.2) is 0 Å². The van der Waals surface area contributed by atoms with Gasteiger partial charge in [-0.25, -0.2) is 4.99 Å². The third kappa shape index (κ3) is 2.81. The molecule has 132 valence electrons. The molecule has 1 aliphatic heterocycles. The van der Waals surface area contributed by atoms with Crippen molar-refractivity contribution in [2.45, 2.75) is 13.8 Å². The minimum atomic E-state index is 0.788. The van der Waals surface area contributed by atoms with E-state index in [4.69, 9.17) is 14.5 Å². The van der Waals surface area contributed by atoms with E-state index in [-0.39, 0.29) is 0 Å². The topological polar surface area (TPSA) is 62.4 Å². The molecule has 0 unspecified atom stereocenters. The number of aryl methyl sites for hydroxylation is 2. The van der Waals surface area contributed by atoms with E-state index in [0.29, 0.717) is 0 Å². The molecule has 1 aromatic carbocycles. The molecule has 0 atom stereocenters. The van der Waals surface area contributed by atoms with Crippen molar-refractivity contribution >= 4 is 17.8 Å². The first-order chi connectivity index (χ1) is 12.6. The number of nitrogens with one attached hydrogen (secondary N) is 2. The number of benzene rings is 1. The molecule has 0 amide bonds. The quantitative estimate of drug-likeness (QED) is 0.743. The van der Waals surface area contributed by atoms with Gasteiger partial charge in [-0.1, -0.05) is 0 Å². The van der Waals surface area contributed by atoms with E-state index in [2.05, 4.69) is 42.0 Å². The lowest BCUT2D eigenvalue weighted by molar-refractivity contribution is 0.412. The van der Waals surface area contributed by atoms with E-state index in [1.165, 1.54) is 5.56 Å². The standard InChI is InChI=1S/C21H21N3O2/c1-12-7-13(2)22-17(12)10-20-21(26-4)11-19(24-20)18-9-14-8-15(25-3)5-6-16(14)23-18/h5-11,22,24H,1-4H3/b19-18?,20-10-. The van der Waals surface area contributed by atoms with Crippen molar-refractivity contribution in [3.8, 4) is 11.5 Å². The second-order valence-electron chi connectivity index (χ2n) is 6.42. The van der Waals surface area contributed by atoms with E-state index >= 15 is 0 Å². The molecule has 4 rings (SSSR count). The van der Waals surface area contributed by atoms with E-state index in [1.807, 2.05) is 24.3 Å². The third-order valence-corrected chi connectivity index (χ3v) is 4.55. The van der Waals surface area contributed by atoms with Crippen molar-refractivity contribution in [1.82, 2.24) is 9.97 Å². The van der Waals surface area contributed by atoms with Crippen molar-refractivity contribution in [3.63, 3.8) is 0 Å². The van der Waals surface area contributed by atoms with Gasteiger partial charge in [-0.2, -0.15) is 0 Å². The Hall–Kier alpha value is -3.21. The molecule has 0 spiro atoms. The summed E-state index contributed by atoms with van der Waals surface area (Å²) in [5, 5.41) is 3.83. The summed E-state index contributed by atoms with van der Waals surface area (Å²) in [4.78, 5) is 11.5. The first-order valence-corrected chi connectivity index (χ1v) is 8.47. The van der Waals surface area contributed by atoms with Gasteiger partial charge in [0.25, 0.3) is 0 Å². The van der Waals surface area contributed by atoms with Crippen molar-refractivity contribution in [1.29, 1.82) is 0 Å². The molecule has 0 fully saturated rings. The van der Waals surface area contributed by atoms with Crippen LogP contribution in [0.25, 0.3) is 17.8 Å². The molecule has 0 radical (unpaired) electrons. The van der Waals surface area contributed by atoms with Crippen molar-refractivity contribution in [2.75, 3.05) is 14.2 Å². The summed E-state index contributed by atoms with van der Waals surface area (Å²) in [6.07, 6.45) is 4.12. The Morgan fingerprint density at radius 1 is 1.00 bits per heavy atom. The average Bonchev–Trinajstić information content (AvgIpc) is 3.31. The van der Waals surface area contributed by atoms with Crippen LogP contribution in [0.15, 0.2) is 35.3 Å². The molecule has 2 aromatic heterocycles. The van der Waals surface area contributed by atoms with E-state index in [0.717, 1.165) is 49.9 Å². The van der Waals surface area contributed by atoms with Crippen molar-refractivity contribution in [3.05, 3.63) is 68.6 Å². The van der Waals surface area contributed by atoms with Gasteiger partial charge in [-0.15, -0.1) is 0 Å². The van der Waals surface area contributed by atoms with Gasteiger partial charge in [-0.05, 0) is 55.8 Å². The zero-order valence-corrected chi connectivity index (χ0v) is 15.3. The molecule has 5 heteroatoms. The summed E-state index contributed by atoms with van der Waals surface area (Å²) in [7, 11) is 3.34. The predicted octanol–water partition coefficient (Wildman–Crippen LogP) is 1.03. The number of methoxy groups -OCH3 is 2. The van der Waals surface area contributed by atoms with Crippen LogP contribution in [0.5, 0.6) is 11.5 Å². The summed E-state index contributed by atoms with van der Waals surface area (Å²) in [6.45, 7) is 4.14. The van der Waals surface area contributed by atoms with Crippen LogP contribution in [-0.2, 0) is 0 Å². The first kappa shape index (κ1) is 16.3. The lowest BCUT2D eigenvalue weighted by atomic mass is 10.2. The fourth-order valence-electron chi connectivity index (χ4n) is 3.23. The fraction of sp³-hybridized carbons (Fsp3) is 0.190. The van der Waals surface area contributed by atoms with E-state index in [9.17, 15) is 0 Å². The normalized spacial score (nSPS) is 15.5. The Kier molecular flexibility index (Phi) is 3.92. The molecule has 3 heterocycles. The maximum atomic E-state index is 5.55. The SMILES string of the molecule is COc1ccc2c(c1)=CC(=c1cc(OC)/c(=C/c3[nH]c(C)cc3C)[nH]1)N=2. The number of nitrogens with zero attached hydrogens (tertiary/aromatic N) is 1. The minimum Gasteiger partial charge on any atom is -0.497 e. The molecule has 5 nitrogen and oxygen atoms in total. The van der Waals surface area contributed by atoms with Crippen molar-refractivity contribution in [2.24, 2.45) is 4.99 Å². The summed E-state index contributed by atoms with van der Waals surface area (Å²) in [6, 6.07) is 9.99. The maximum absolute atomic E-state index is 5.55. The summed E-state index contributed by atoms with van der Waals surface area (Å²) >= 11 is 0. The number of aromatic nitrogens is 2. The zero-order chi connectivity index (χ0) is 18.3. The Labute approximate surface area is 151 Å². The number of rotatable bonds is 3. The molecule has 0 aliphatic carbocycles. The largest absolute Gasteiger partial charge is 0.497 e. The van der Waals surface area contributed by atoms with Gasteiger partial charge in [0.1, 0.15) is 11.5 Å². The molecule has 0 saturated heterocycles. The molecule has 2 N–H and O–H groups in total. The monoisotopic (exact) mass is 347 g/mol. The second-order valence-corrected chi connectivity index (χ2v) is 6.42. The van der Waals surface area contributed by atoms with Crippen LogP contribution in [-0.4, -0.2) is 24.2 Å². The Balaban J connectivity index is 1.89. The Morgan fingerprint density at radius 2 is 1.85 bits per heavy atom. The number of H-pyrrole nitrogens is 2. The Morgan fingerprint density at radius 3 is 2.54 bits per heavy atom. The van der Waals surface area contributed by atoms with Gasteiger partial charge in [-0.3, -0.25) is 0 Å². The van der Waals surface area contributed by atoms with Crippen LogP contribution in [0, 0.1) is 13.8 Å². The predicted molar refractivity (Wildman–Crippen MR) is 102 cm³/mol. The number of aromatic amines is 2. The van der Waals surface area contributed by atoms with Gasteiger partial charge in [0.2, 0.25) is 0 Å². The van der Waals surface area contributed by atoms with Crippen molar-refractivity contribution < 1.29 is 9.47 Å². The fourth-order valence-corrected chi connectivity index (χ4v) is 3.23. The number of hydrogen-bond donors (Lipinski definition) is 2. The maximum Gasteiger partial charge on any atom is 0.144 e. The third-order valence-electron chi connectivity index (χ3n) is 4.55. The highest BCUT2D eigenvalue weighted by atomic mass is 16.5. The van der Waals surface area contributed by atoms with Crippen LogP contribution < -0.4 is 30.7 Å². The highest BCUT2D eigenvalue weighted by Crippen LogP contribution is 2.11. The Bertz CT molecular complexity index is 1230. The van der Waals surface area contributed by atoms with Gasteiger partial charge < -0.3 is 19.4 Å². The summed E-state index contributed by atoms with van der Waals surface area (Å²) in [5.41, 5.74) is 4.28. The van der Waals surface area contributed by atoms with Crippen LogP contribution in [0.3, 0.4) is 0 Å². The molecule has 1 aliphatic rings. The smallest absolute Gasteiger partial charge is 0.144 e. The highest BCUT2D eigenvalue weighted by molar-refractivity contribution is 5.77. The van der Waals surface area contributed by atoms with Crippen LogP contribution in [0.4, 0.5) is 0 Å². The second kappa shape index (κ2) is 6.26. The number of ether oxygens (including phenoxy) is 2. The zero-order valence-electron chi connectivity index (χ0n) is 15.3. The minimum absolute atomic E-state index is 0.788. The molecule has 3 aromatic rings. The van der Waals surface area contributed by atoms with E-state index < -0.39 is 0 Å². The number of fused-ring (bicyclic) bond motifs is 1. The average molecular weight is 347 g/mol. The molecular formula is C21H21N3O2. The van der Waals surface area contributed by atoms with E-state index in [1.54, 1.807) is 14.2 Å². The highest BCUT2D eigenvalue weighted by Gasteiger charge is 2.07. The van der Waals surface area contributed by atoms with Gasteiger partial charge in [0, 0.05) is 22.7 Å². The van der Waals surface area contributed by atoms with Crippen LogP contribution >= 0.6 is 0 Å². The molecule has 0 bridgehead atoms. The van der Waals surface area contributed by atoms with Gasteiger partial charge >= 0.3 is 0 Å². The van der Waals surface area contributed by atoms with Crippen LogP contribution in [0.2, 0.25) is 0 Å². The lowest BCUT2D eigenvalue weighted by Gasteiger charge is -1.95. The first-order valence-electron chi connectivity index (χ1n) is 8.47. The van der Waals surface area contributed by atoms with Gasteiger partial charge in [0.05, 0.1) is 36.0 Å².